The maximum Gasteiger partial charge on any atom is 0.411 e. The summed E-state index contributed by atoms with van der Waals surface area (Å²) in [6.45, 7) is -0.315. The highest BCUT2D eigenvalue weighted by Gasteiger charge is 2.27. The predicted molar refractivity (Wildman–Crippen MR) is 62.0 cm³/mol. The van der Waals surface area contributed by atoms with Crippen molar-refractivity contribution in [2.45, 2.75) is 19.5 Å². The van der Waals surface area contributed by atoms with E-state index in [0.717, 1.165) is 6.07 Å². The molecule has 0 fully saturated rings. The van der Waals surface area contributed by atoms with Crippen LogP contribution in [0, 0.1) is 12.7 Å². The lowest BCUT2D eigenvalue weighted by Crippen LogP contribution is -2.18. The summed E-state index contributed by atoms with van der Waals surface area (Å²) in [6.07, 6.45) is -4.67. The Hall–Kier alpha value is -1.14. The molecule has 0 radical (unpaired) electrons. The number of alkyl halides is 3. The molecule has 1 aromatic rings. The SMILES string of the molecule is Cc1cc(C(=O)CCOCC(F)(F)F)c(Cl)cc1F. The van der Waals surface area contributed by atoms with E-state index in [1.807, 2.05) is 0 Å². The number of ketones is 1. The quantitative estimate of drug-likeness (QED) is 0.467. The molecule has 0 aliphatic rings. The number of Topliss-reactive ketones (excluding diaryl/α,β-unsaturated/α-hetero) is 1. The lowest BCUT2D eigenvalue weighted by atomic mass is 10.1. The van der Waals surface area contributed by atoms with Gasteiger partial charge in [-0.15, -0.1) is 0 Å². The topological polar surface area (TPSA) is 26.3 Å². The number of rotatable bonds is 5. The Kier molecular flexibility index (Phi) is 5.31. The van der Waals surface area contributed by atoms with Crippen LogP contribution in [0.25, 0.3) is 0 Å². The number of halogens is 5. The number of aryl methyl sites for hydroxylation is 1. The monoisotopic (exact) mass is 298 g/mol. The first kappa shape index (κ1) is 15.9. The summed E-state index contributed by atoms with van der Waals surface area (Å²) in [5.41, 5.74) is 0.320. The van der Waals surface area contributed by atoms with E-state index >= 15 is 0 Å². The first-order valence-electron chi connectivity index (χ1n) is 5.34. The number of hydrogen-bond acceptors (Lipinski definition) is 2. The van der Waals surface area contributed by atoms with Crippen molar-refractivity contribution < 1.29 is 27.1 Å². The third-order valence-corrected chi connectivity index (χ3v) is 2.60. The standard InChI is InChI=1S/C12H11ClF4O2/c1-7-4-8(9(13)5-10(7)14)11(18)2-3-19-6-12(15,16)17/h4-5H,2-3,6H2,1H3. The molecule has 0 spiro atoms. The Morgan fingerprint density at radius 1 is 1.37 bits per heavy atom. The van der Waals surface area contributed by atoms with Crippen molar-refractivity contribution in [3.8, 4) is 0 Å². The maximum atomic E-state index is 13.1. The van der Waals surface area contributed by atoms with Crippen LogP contribution in [0.1, 0.15) is 22.3 Å². The van der Waals surface area contributed by atoms with Crippen LogP contribution in [0.2, 0.25) is 5.02 Å². The van der Waals surface area contributed by atoms with Gasteiger partial charge in [0.1, 0.15) is 12.4 Å². The molecule has 106 valence electrons. The fraction of sp³-hybridized carbons (Fsp3) is 0.417. The van der Waals surface area contributed by atoms with E-state index in [1.54, 1.807) is 0 Å². The van der Waals surface area contributed by atoms with Crippen molar-refractivity contribution in [3.05, 3.63) is 34.1 Å². The molecule has 0 heterocycles. The van der Waals surface area contributed by atoms with Crippen molar-refractivity contribution in [2.75, 3.05) is 13.2 Å². The summed E-state index contributed by atoms with van der Waals surface area (Å²) < 4.78 is 52.8. The van der Waals surface area contributed by atoms with Gasteiger partial charge in [0.15, 0.2) is 5.78 Å². The summed E-state index contributed by atoms with van der Waals surface area (Å²) in [5, 5.41) is -0.0658. The summed E-state index contributed by atoms with van der Waals surface area (Å²) in [4.78, 5) is 11.7. The lowest BCUT2D eigenvalue weighted by Gasteiger charge is -2.08. The van der Waals surface area contributed by atoms with Crippen LogP contribution >= 0.6 is 11.6 Å². The average molecular weight is 299 g/mol. The molecule has 0 saturated carbocycles. The normalized spacial score (nSPS) is 11.7. The number of benzene rings is 1. The minimum absolute atomic E-state index is 0.0658. The second-order valence-electron chi connectivity index (χ2n) is 3.92. The zero-order chi connectivity index (χ0) is 14.6. The van der Waals surface area contributed by atoms with E-state index in [0.29, 0.717) is 0 Å². The molecule has 0 unspecified atom stereocenters. The number of carbonyl (C=O) groups is 1. The van der Waals surface area contributed by atoms with E-state index in [4.69, 9.17) is 11.6 Å². The zero-order valence-corrected chi connectivity index (χ0v) is 10.7. The van der Waals surface area contributed by atoms with Crippen LogP contribution in [-0.4, -0.2) is 25.2 Å². The fourth-order valence-electron chi connectivity index (χ4n) is 1.36. The Morgan fingerprint density at radius 2 is 2.00 bits per heavy atom. The van der Waals surface area contributed by atoms with Gasteiger partial charge in [0.25, 0.3) is 0 Å². The lowest BCUT2D eigenvalue weighted by molar-refractivity contribution is -0.173. The fourth-order valence-corrected chi connectivity index (χ4v) is 1.61. The van der Waals surface area contributed by atoms with E-state index < -0.39 is 24.4 Å². The van der Waals surface area contributed by atoms with Crippen molar-refractivity contribution in [2.24, 2.45) is 0 Å². The van der Waals surface area contributed by atoms with Crippen LogP contribution in [0.5, 0.6) is 0 Å². The van der Waals surface area contributed by atoms with Crippen molar-refractivity contribution in [1.82, 2.24) is 0 Å². The maximum absolute atomic E-state index is 13.1. The second kappa shape index (κ2) is 6.34. The average Bonchev–Trinajstić information content (AvgIpc) is 2.28. The Morgan fingerprint density at radius 3 is 2.58 bits per heavy atom. The van der Waals surface area contributed by atoms with E-state index in [-0.39, 0.29) is 29.2 Å². The second-order valence-corrected chi connectivity index (χ2v) is 4.33. The highest BCUT2D eigenvalue weighted by Crippen LogP contribution is 2.22. The van der Waals surface area contributed by atoms with Crippen molar-refractivity contribution in [1.29, 1.82) is 0 Å². The molecular weight excluding hydrogens is 288 g/mol. The molecule has 0 amide bonds. The number of ether oxygens (including phenoxy) is 1. The third-order valence-electron chi connectivity index (χ3n) is 2.29. The summed E-state index contributed by atoms with van der Waals surface area (Å²) in [7, 11) is 0. The summed E-state index contributed by atoms with van der Waals surface area (Å²) >= 11 is 5.70. The predicted octanol–water partition coefficient (Wildman–Crippen LogP) is 3.94. The Labute approximate surface area is 112 Å². The molecule has 0 aliphatic carbocycles. The first-order chi connectivity index (χ1) is 8.70. The van der Waals surface area contributed by atoms with Crippen LogP contribution in [0.4, 0.5) is 17.6 Å². The molecule has 0 aliphatic heterocycles. The Bertz CT molecular complexity index is 472. The molecular formula is C12H11ClF4O2. The molecule has 0 saturated heterocycles. The molecule has 7 heteroatoms. The first-order valence-corrected chi connectivity index (χ1v) is 5.72. The van der Waals surface area contributed by atoms with Gasteiger partial charge in [-0.2, -0.15) is 13.2 Å². The van der Waals surface area contributed by atoms with Crippen molar-refractivity contribution in [3.63, 3.8) is 0 Å². The molecule has 2 nitrogen and oxygen atoms in total. The van der Waals surface area contributed by atoms with Gasteiger partial charge < -0.3 is 4.74 Å². The third kappa shape index (κ3) is 5.16. The molecule has 0 atom stereocenters. The van der Waals surface area contributed by atoms with Gasteiger partial charge in [0.2, 0.25) is 0 Å². The minimum Gasteiger partial charge on any atom is -0.372 e. The van der Waals surface area contributed by atoms with E-state index in [2.05, 4.69) is 4.74 Å². The van der Waals surface area contributed by atoms with Gasteiger partial charge in [-0.1, -0.05) is 11.6 Å². The van der Waals surface area contributed by atoms with Gasteiger partial charge >= 0.3 is 6.18 Å². The van der Waals surface area contributed by atoms with Gasteiger partial charge in [-0.05, 0) is 24.6 Å². The van der Waals surface area contributed by atoms with Crippen LogP contribution < -0.4 is 0 Å². The highest BCUT2D eigenvalue weighted by atomic mass is 35.5. The largest absolute Gasteiger partial charge is 0.411 e. The Balaban J connectivity index is 2.57. The van der Waals surface area contributed by atoms with Gasteiger partial charge in [-0.25, -0.2) is 4.39 Å². The van der Waals surface area contributed by atoms with Crippen LogP contribution in [0.3, 0.4) is 0 Å². The zero-order valence-electron chi connectivity index (χ0n) is 9.98. The number of carbonyl (C=O) groups excluding carboxylic acids is 1. The smallest absolute Gasteiger partial charge is 0.372 e. The van der Waals surface area contributed by atoms with E-state index in [9.17, 15) is 22.4 Å². The number of hydrogen-bond donors (Lipinski definition) is 0. The van der Waals surface area contributed by atoms with E-state index in [1.165, 1.54) is 13.0 Å². The van der Waals surface area contributed by atoms with Crippen LogP contribution in [-0.2, 0) is 4.74 Å². The molecule has 1 rings (SSSR count). The molecule has 0 N–H and O–H groups in total. The van der Waals surface area contributed by atoms with Gasteiger partial charge in [0.05, 0.1) is 11.6 Å². The highest BCUT2D eigenvalue weighted by molar-refractivity contribution is 6.34. The molecule has 0 bridgehead atoms. The van der Waals surface area contributed by atoms with Gasteiger partial charge in [0, 0.05) is 12.0 Å². The molecule has 19 heavy (non-hydrogen) atoms. The molecule has 1 aromatic carbocycles. The van der Waals surface area contributed by atoms with Crippen LogP contribution in [0.15, 0.2) is 12.1 Å². The summed E-state index contributed by atoms with van der Waals surface area (Å²) in [6, 6.07) is 2.27. The minimum atomic E-state index is -4.42. The van der Waals surface area contributed by atoms with Crippen molar-refractivity contribution >= 4 is 17.4 Å². The van der Waals surface area contributed by atoms with Gasteiger partial charge in [-0.3, -0.25) is 4.79 Å². The molecule has 0 aromatic heterocycles. The summed E-state index contributed by atoms with van der Waals surface area (Å²) in [5.74, 6) is -1.04.